The average Bonchev–Trinajstić information content (AvgIpc) is 2.48. The van der Waals surface area contributed by atoms with Gasteiger partial charge in [-0.05, 0) is 38.0 Å². The zero-order chi connectivity index (χ0) is 19.0. The van der Waals surface area contributed by atoms with Gasteiger partial charge in [-0.25, -0.2) is 4.39 Å². The molecule has 0 heterocycles. The van der Waals surface area contributed by atoms with Crippen LogP contribution in [0.15, 0.2) is 18.2 Å². The van der Waals surface area contributed by atoms with E-state index in [1.165, 1.54) is 12.1 Å². The van der Waals surface area contributed by atoms with Crippen molar-refractivity contribution in [2.45, 2.75) is 51.6 Å². The minimum Gasteiger partial charge on any atom is -0.481 e. The van der Waals surface area contributed by atoms with Crippen molar-refractivity contribution in [1.29, 1.82) is 0 Å². The summed E-state index contributed by atoms with van der Waals surface area (Å²) in [5, 5.41) is 14.2. The van der Waals surface area contributed by atoms with Crippen LogP contribution in [-0.2, 0) is 14.4 Å². The monoisotopic (exact) mass is 372 g/mol. The number of aliphatic carboxylic acids is 1. The fourth-order valence-electron chi connectivity index (χ4n) is 2.23. The molecule has 0 aliphatic heterocycles. The number of rotatable bonds is 9. The number of carboxylic acid groups (broad SMARTS) is 1. The second-order valence-corrected chi connectivity index (χ2v) is 6.37. The summed E-state index contributed by atoms with van der Waals surface area (Å²) in [6.07, 6.45) is 0.211. The number of benzene rings is 1. The van der Waals surface area contributed by atoms with E-state index in [0.29, 0.717) is 12.0 Å². The van der Waals surface area contributed by atoms with Gasteiger partial charge in [-0.1, -0.05) is 17.7 Å². The number of carbonyl (C=O) groups excluding carboxylic acids is 2. The van der Waals surface area contributed by atoms with Crippen LogP contribution >= 0.6 is 11.6 Å². The predicted molar refractivity (Wildman–Crippen MR) is 91.7 cm³/mol. The largest absolute Gasteiger partial charge is 0.481 e. The van der Waals surface area contributed by atoms with Crippen molar-refractivity contribution in [2.75, 3.05) is 0 Å². The van der Waals surface area contributed by atoms with Gasteiger partial charge in [-0.15, -0.1) is 0 Å². The summed E-state index contributed by atoms with van der Waals surface area (Å²) in [5.41, 5.74) is 0.315. The third kappa shape index (κ3) is 7.98. The highest BCUT2D eigenvalue weighted by molar-refractivity contribution is 6.30. The molecule has 0 spiro atoms. The van der Waals surface area contributed by atoms with Crippen LogP contribution in [0.25, 0.3) is 0 Å². The van der Waals surface area contributed by atoms with Crippen LogP contribution in [0.5, 0.6) is 0 Å². The number of nitrogens with one attached hydrogen (secondary N) is 2. The summed E-state index contributed by atoms with van der Waals surface area (Å²) in [4.78, 5) is 34.5. The molecule has 0 aliphatic carbocycles. The van der Waals surface area contributed by atoms with Crippen molar-refractivity contribution in [3.8, 4) is 0 Å². The third-order valence-electron chi connectivity index (χ3n) is 3.32. The standard InChI is InChI=1S/C17H22ClFN2O4/c1-10(2)20-15(22)4-3-5-16(23)21-14(9-17(24)25)11-6-7-12(18)13(19)8-11/h6-8,10,14H,3-5,9H2,1-2H3,(H,20,22)(H,21,23)(H,24,25). The molecule has 0 aromatic heterocycles. The van der Waals surface area contributed by atoms with Crippen molar-refractivity contribution in [3.63, 3.8) is 0 Å². The van der Waals surface area contributed by atoms with E-state index >= 15 is 0 Å². The minimum atomic E-state index is -1.13. The Balaban J connectivity index is 2.62. The lowest BCUT2D eigenvalue weighted by atomic mass is 10.0. The van der Waals surface area contributed by atoms with Gasteiger partial charge in [-0.3, -0.25) is 14.4 Å². The maximum atomic E-state index is 13.6. The van der Waals surface area contributed by atoms with E-state index in [4.69, 9.17) is 16.7 Å². The normalized spacial score (nSPS) is 11.9. The molecule has 25 heavy (non-hydrogen) atoms. The second kappa shape index (κ2) is 9.98. The highest BCUT2D eigenvalue weighted by Gasteiger charge is 2.19. The van der Waals surface area contributed by atoms with Crippen molar-refractivity contribution >= 4 is 29.4 Å². The van der Waals surface area contributed by atoms with Gasteiger partial charge >= 0.3 is 5.97 Å². The number of carbonyl (C=O) groups is 3. The van der Waals surface area contributed by atoms with E-state index in [9.17, 15) is 18.8 Å². The molecule has 138 valence electrons. The molecular formula is C17H22ClFN2O4. The molecule has 3 N–H and O–H groups in total. The van der Waals surface area contributed by atoms with Gasteiger partial charge in [0.25, 0.3) is 0 Å². The fourth-order valence-corrected chi connectivity index (χ4v) is 2.34. The van der Waals surface area contributed by atoms with Crippen molar-refractivity contribution < 1.29 is 23.9 Å². The minimum absolute atomic E-state index is 0.0288. The van der Waals surface area contributed by atoms with Crippen LogP contribution in [-0.4, -0.2) is 28.9 Å². The first-order valence-electron chi connectivity index (χ1n) is 7.94. The van der Waals surface area contributed by atoms with Crippen LogP contribution < -0.4 is 10.6 Å². The third-order valence-corrected chi connectivity index (χ3v) is 3.62. The highest BCUT2D eigenvalue weighted by Crippen LogP contribution is 2.22. The molecule has 1 aromatic rings. The number of hydrogen-bond acceptors (Lipinski definition) is 3. The summed E-state index contributed by atoms with van der Waals surface area (Å²) < 4.78 is 13.6. The smallest absolute Gasteiger partial charge is 0.305 e. The lowest BCUT2D eigenvalue weighted by Gasteiger charge is -2.18. The molecule has 1 aromatic carbocycles. The molecule has 0 fully saturated rings. The fraction of sp³-hybridized carbons (Fsp3) is 0.471. The number of amides is 2. The lowest BCUT2D eigenvalue weighted by Crippen LogP contribution is -2.31. The van der Waals surface area contributed by atoms with E-state index in [1.807, 2.05) is 13.8 Å². The maximum Gasteiger partial charge on any atom is 0.305 e. The van der Waals surface area contributed by atoms with Gasteiger partial charge in [0.1, 0.15) is 5.82 Å². The van der Waals surface area contributed by atoms with Gasteiger partial charge in [0.05, 0.1) is 17.5 Å². The Morgan fingerprint density at radius 3 is 2.28 bits per heavy atom. The molecule has 0 saturated carbocycles. The van der Waals surface area contributed by atoms with Gasteiger partial charge in [0.2, 0.25) is 11.8 Å². The molecule has 0 aliphatic rings. The summed E-state index contributed by atoms with van der Waals surface area (Å²) >= 11 is 5.61. The molecule has 8 heteroatoms. The Morgan fingerprint density at radius 1 is 1.16 bits per heavy atom. The molecule has 6 nitrogen and oxygen atoms in total. The van der Waals surface area contributed by atoms with Crippen LogP contribution in [0.3, 0.4) is 0 Å². The average molecular weight is 373 g/mol. The van der Waals surface area contributed by atoms with Gasteiger partial charge in [0, 0.05) is 18.9 Å². The van der Waals surface area contributed by atoms with E-state index < -0.39 is 23.7 Å². The Morgan fingerprint density at radius 2 is 1.76 bits per heavy atom. The van der Waals surface area contributed by atoms with E-state index in [2.05, 4.69) is 10.6 Å². The summed E-state index contributed by atoms with van der Waals surface area (Å²) in [7, 11) is 0. The predicted octanol–water partition coefficient (Wildman–Crippen LogP) is 2.81. The molecule has 1 atom stereocenters. The van der Waals surface area contributed by atoms with Gasteiger partial charge in [-0.2, -0.15) is 0 Å². The van der Waals surface area contributed by atoms with Crippen LogP contribution in [0, 0.1) is 5.82 Å². The zero-order valence-electron chi connectivity index (χ0n) is 14.1. The Labute approximate surface area is 150 Å². The van der Waals surface area contributed by atoms with E-state index in [-0.39, 0.29) is 36.2 Å². The number of carboxylic acids is 1. The highest BCUT2D eigenvalue weighted by atomic mass is 35.5. The van der Waals surface area contributed by atoms with Crippen molar-refractivity contribution in [1.82, 2.24) is 10.6 Å². The Hall–Kier alpha value is -2.15. The van der Waals surface area contributed by atoms with Gasteiger partial charge < -0.3 is 15.7 Å². The quantitative estimate of drug-likeness (QED) is 0.621. The van der Waals surface area contributed by atoms with E-state index in [0.717, 1.165) is 6.07 Å². The first-order chi connectivity index (χ1) is 11.7. The molecule has 1 rings (SSSR count). The summed E-state index contributed by atoms with van der Waals surface area (Å²) in [6, 6.07) is 3.04. The lowest BCUT2D eigenvalue weighted by molar-refractivity contribution is -0.137. The number of halogens is 2. The molecule has 1 unspecified atom stereocenters. The topological polar surface area (TPSA) is 95.5 Å². The van der Waals surface area contributed by atoms with Crippen molar-refractivity contribution in [3.05, 3.63) is 34.6 Å². The van der Waals surface area contributed by atoms with E-state index in [1.54, 1.807) is 0 Å². The van der Waals surface area contributed by atoms with Crippen LogP contribution in [0.4, 0.5) is 4.39 Å². The molecule has 0 saturated heterocycles. The van der Waals surface area contributed by atoms with Crippen molar-refractivity contribution in [2.24, 2.45) is 0 Å². The SMILES string of the molecule is CC(C)NC(=O)CCCC(=O)NC(CC(=O)O)c1ccc(Cl)c(F)c1. The number of hydrogen-bond donors (Lipinski definition) is 3. The van der Waals surface area contributed by atoms with Gasteiger partial charge in [0.15, 0.2) is 0 Å². The first kappa shape index (κ1) is 20.9. The second-order valence-electron chi connectivity index (χ2n) is 5.97. The first-order valence-corrected chi connectivity index (χ1v) is 8.32. The summed E-state index contributed by atoms with van der Waals surface area (Å²) in [5.74, 6) is -2.37. The Bertz CT molecular complexity index is 637. The molecule has 0 radical (unpaired) electrons. The maximum absolute atomic E-state index is 13.6. The molecular weight excluding hydrogens is 351 g/mol. The van der Waals surface area contributed by atoms with Crippen LogP contribution in [0.1, 0.15) is 51.1 Å². The molecule has 0 bridgehead atoms. The van der Waals surface area contributed by atoms with Crippen LogP contribution in [0.2, 0.25) is 5.02 Å². The molecule has 2 amide bonds. The Kier molecular flexibility index (Phi) is 8.34. The summed E-state index contributed by atoms with van der Waals surface area (Å²) in [6.45, 7) is 3.68. The zero-order valence-corrected chi connectivity index (χ0v) is 14.9.